The molecule has 0 heterocycles. The molecule has 0 aromatic heterocycles. The maximum atomic E-state index is 12.2. The summed E-state index contributed by atoms with van der Waals surface area (Å²) >= 11 is 3.47. The molecule has 0 atom stereocenters. The van der Waals surface area contributed by atoms with Gasteiger partial charge in [0.1, 0.15) is 5.75 Å². The second kappa shape index (κ2) is 5.89. The van der Waals surface area contributed by atoms with Crippen LogP contribution in [-0.2, 0) is 0 Å². The Balaban J connectivity index is 2.28. The zero-order valence-corrected chi connectivity index (χ0v) is 12.3. The molecule has 98 valence electrons. The first-order valence-electron chi connectivity index (χ1n) is 5.83. The molecule has 0 unspecified atom stereocenters. The number of hydrogen-bond donors (Lipinski definition) is 1. The van der Waals surface area contributed by atoms with Crippen molar-refractivity contribution in [3.63, 3.8) is 0 Å². The topological polar surface area (TPSA) is 38.3 Å². The highest BCUT2D eigenvalue weighted by Crippen LogP contribution is 2.27. The molecule has 0 fully saturated rings. The number of hydrogen-bond acceptors (Lipinski definition) is 2. The quantitative estimate of drug-likeness (QED) is 0.928. The molecule has 1 N–H and O–H groups in total. The van der Waals surface area contributed by atoms with E-state index in [0.29, 0.717) is 11.3 Å². The molecule has 0 spiro atoms. The summed E-state index contributed by atoms with van der Waals surface area (Å²) in [4.78, 5) is 12.2. The Morgan fingerprint density at radius 2 is 1.89 bits per heavy atom. The Labute approximate surface area is 120 Å². The van der Waals surface area contributed by atoms with E-state index in [1.807, 2.05) is 37.3 Å². The monoisotopic (exact) mass is 319 g/mol. The average molecular weight is 320 g/mol. The molecule has 19 heavy (non-hydrogen) atoms. The van der Waals surface area contributed by atoms with Crippen LogP contribution in [0.15, 0.2) is 46.9 Å². The van der Waals surface area contributed by atoms with Gasteiger partial charge < -0.3 is 10.1 Å². The van der Waals surface area contributed by atoms with Crippen molar-refractivity contribution in [3.05, 3.63) is 58.1 Å². The minimum atomic E-state index is -0.191. The first kappa shape index (κ1) is 13.6. The van der Waals surface area contributed by atoms with Gasteiger partial charge in [0.25, 0.3) is 5.91 Å². The Morgan fingerprint density at radius 3 is 2.63 bits per heavy atom. The standard InChI is InChI=1S/C15H14BrNO2/c1-10-6-5-8-12(14(10)16)17-15(18)11-7-3-4-9-13(11)19-2/h3-9H,1-2H3,(H,17,18). The number of rotatable bonds is 3. The molecule has 0 radical (unpaired) electrons. The van der Waals surface area contributed by atoms with Gasteiger partial charge in [0.2, 0.25) is 0 Å². The van der Waals surface area contributed by atoms with Crippen LogP contribution in [0.2, 0.25) is 0 Å². The zero-order valence-electron chi connectivity index (χ0n) is 10.7. The lowest BCUT2D eigenvalue weighted by Crippen LogP contribution is -2.13. The van der Waals surface area contributed by atoms with Crippen LogP contribution in [0.5, 0.6) is 5.75 Å². The van der Waals surface area contributed by atoms with Gasteiger partial charge in [-0.1, -0.05) is 24.3 Å². The van der Waals surface area contributed by atoms with E-state index in [-0.39, 0.29) is 5.91 Å². The number of anilines is 1. The molecule has 2 aromatic rings. The summed E-state index contributed by atoms with van der Waals surface area (Å²) in [5, 5.41) is 2.88. The molecule has 1 amide bonds. The Morgan fingerprint density at radius 1 is 1.16 bits per heavy atom. The number of benzene rings is 2. The summed E-state index contributed by atoms with van der Waals surface area (Å²) in [5.74, 6) is 0.368. The molecule has 0 aliphatic carbocycles. The molecule has 3 nitrogen and oxygen atoms in total. The fraction of sp³-hybridized carbons (Fsp3) is 0.133. The lowest BCUT2D eigenvalue weighted by atomic mass is 10.1. The maximum absolute atomic E-state index is 12.2. The average Bonchev–Trinajstić information content (AvgIpc) is 2.43. The van der Waals surface area contributed by atoms with Crippen molar-refractivity contribution >= 4 is 27.5 Å². The van der Waals surface area contributed by atoms with Crippen molar-refractivity contribution in [2.75, 3.05) is 12.4 Å². The first-order valence-corrected chi connectivity index (χ1v) is 6.62. The van der Waals surface area contributed by atoms with Crippen molar-refractivity contribution in [2.24, 2.45) is 0 Å². The van der Waals surface area contributed by atoms with Gasteiger partial charge in [0, 0.05) is 4.47 Å². The summed E-state index contributed by atoms with van der Waals surface area (Å²) in [6.07, 6.45) is 0. The maximum Gasteiger partial charge on any atom is 0.259 e. The lowest BCUT2D eigenvalue weighted by Gasteiger charge is -2.11. The highest BCUT2D eigenvalue weighted by atomic mass is 79.9. The van der Waals surface area contributed by atoms with Crippen LogP contribution in [0.3, 0.4) is 0 Å². The molecule has 0 saturated heterocycles. The van der Waals surface area contributed by atoms with E-state index in [4.69, 9.17) is 4.74 Å². The number of carbonyl (C=O) groups excluding carboxylic acids is 1. The number of amides is 1. The van der Waals surface area contributed by atoms with E-state index in [1.165, 1.54) is 0 Å². The smallest absolute Gasteiger partial charge is 0.259 e. The summed E-state index contributed by atoms with van der Waals surface area (Å²) in [5.41, 5.74) is 2.33. The number of ether oxygens (including phenoxy) is 1. The minimum Gasteiger partial charge on any atom is -0.496 e. The molecule has 0 saturated carbocycles. The minimum absolute atomic E-state index is 0.191. The van der Waals surface area contributed by atoms with Gasteiger partial charge >= 0.3 is 0 Å². The molecular formula is C15H14BrNO2. The zero-order chi connectivity index (χ0) is 13.8. The number of methoxy groups -OCH3 is 1. The van der Waals surface area contributed by atoms with Gasteiger partial charge in [-0.3, -0.25) is 4.79 Å². The highest BCUT2D eigenvalue weighted by molar-refractivity contribution is 9.10. The molecule has 4 heteroatoms. The van der Waals surface area contributed by atoms with Crippen molar-refractivity contribution in [1.29, 1.82) is 0 Å². The summed E-state index contributed by atoms with van der Waals surface area (Å²) < 4.78 is 6.07. The predicted molar refractivity (Wildman–Crippen MR) is 79.8 cm³/mol. The number of para-hydroxylation sites is 1. The van der Waals surface area contributed by atoms with E-state index in [0.717, 1.165) is 15.7 Å². The summed E-state index contributed by atoms with van der Waals surface area (Å²) in [6.45, 7) is 1.98. The first-order chi connectivity index (χ1) is 9.13. The number of carbonyl (C=O) groups is 1. The molecule has 2 aromatic carbocycles. The fourth-order valence-corrected chi connectivity index (χ4v) is 2.13. The Hall–Kier alpha value is -1.81. The Kier molecular flexibility index (Phi) is 4.22. The molecular weight excluding hydrogens is 306 g/mol. The molecule has 0 aliphatic heterocycles. The van der Waals surface area contributed by atoms with Gasteiger partial charge in [-0.2, -0.15) is 0 Å². The van der Waals surface area contributed by atoms with Crippen molar-refractivity contribution in [2.45, 2.75) is 6.92 Å². The SMILES string of the molecule is COc1ccccc1C(=O)Nc1cccc(C)c1Br. The van der Waals surface area contributed by atoms with Gasteiger partial charge in [-0.15, -0.1) is 0 Å². The molecule has 2 rings (SSSR count). The third kappa shape index (κ3) is 2.96. The summed E-state index contributed by atoms with van der Waals surface area (Å²) in [6, 6.07) is 12.9. The third-order valence-corrected chi connectivity index (χ3v) is 3.84. The normalized spacial score (nSPS) is 10.1. The number of aryl methyl sites for hydroxylation is 1. The van der Waals surface area contributed by atoms with Gasteiger partial charge in [0.15, 0.2) is 0 Å². The third-order valence-electron chi connectivity index (χ3n) is 2.79. The van der Waals surface area contributed by atoms with Crippen LogP contribution in [0.4, 0.5) is 5.69 Å². The van der Waals surface area contributed by atoms with E-state index in [1.54, 1.807) is 19.2 Å². The highest BCUT2D eigenvalue weighted by Gasteiger charge is 2.13. The van der Waals surface area contributed by atoms with Crippen molar-refractivity contribution < 1.29 is 9.53 Å². The molecule has 0 bridgehead atoms. The number of nitrogens with one attached hydrogen (secondary N) is 1. The second-order valence-corrected chi connectivity index (χ2v) is 4.88. The van der Waals surface area contributed by atoms with Crippen LogP contribution < -0.4 is 10.1 Å². The van der Waals surface area contributed by atoms with Gasteiger partial charge in [-0.25, -0.2) is 0 Å². The predicted octanol–water partition coefficient (Wildman–Crippen LogP) is 4.02. The van der Waals surface area contributed by atoms with Crippen LogP contribution in [-0.4, -0.2) is 13.0 Å². The van der Waals surface area contributed by atoms with E-state index in [9.17, 15) is 4.79 Å². The lowest BCUT2D eigenvalue weighted by molar-refractivity contribution is 0.102. The van der Waals surface area contributed by atoms with Crippen molar-refractivity contribution in [1.82, 2.24) is 0 Å². The van der Waals surface area contributed by atoms with Gasteiger partial charge in [0.05, 0.1) is 18.4 Å². The van der Waals surface area contributed by atoms with E-state index in [2.05, 4.69) is 21.2 Å². The van der Waals surface area contributed by atoms with Crippen LogP contribution in [0.25, 0.3) is 0 Å². The van der Waals surface area contributed by atoms with E-state index >= 15 is 0 Å². The van der Waals surface area contributed by atoms with Crippen LogP contribution in [0.1, 0.15) is 15.9 Å². The largest absolute Gasteiger partial charge is 0.496 e. The summed E-state index contributed by atoms with van der Waals surface area (Å²) in [7, 11) is 1.55. The van der Waals surface area contributed by atoms with E-state index < -0.39 is 0 Å². The van der Waals surface area contributed by atoms with Crippen molar-refractivity contribution in [3.8, 4) is 5.75 Å². The Bertz CT molecular complexity index is 611. The molecule has 0 aliphatic rings. The fourth-order valence-electron chi connectivity index (χ4n) is 1.77. The van der Waals surface area contributed by atoms with Gasteiger partial charge in [-0.05, 0) is 46.6 Å². The number of halogens is 1. The second-order valence-electron chi connectivity index (χ2n) is 4.09. The van der Waals surface area contributed by atoms with Crippen LogP contribution in [0, 0.1) is 6.92 Å². The van der Waals surface area contributed by atoms with Crippen LogP contribution >= 0.6 is 15.9 Å².